The Morgan fingerprint density at radius 1 is 1.16 bits per heavy atom. The van der Waals surface area contributed by atoms with E-state index in [0.29, 0.717) is 20.3 Å². The molecule has 0 unspecified atom stereocenters. The van der Waals surface area contributed by atoms with Crippen molar-refractivity contribution in [2.75, 3.05) is 0 Å². The standard InChI is InChI=1S/C16H13IO2/c1-2-11-6-8-12(9-7-11)16(19)14-5-3-4-13(10-18)15(14)17/h3-10H,2H2,1H3. The highest BCUT2D eigenvalue weighted by Crippen LogP contribution is 2.20. The van der Waals surface area contributed by atoms with E-state index < -0.39 is 0 Å². The van der Waals surface area contributed by atoms with Crippen LogP contribution in [0.3, 0.4) is 0 Å². The molecule has 3 heteroatoms. The molecular formula is C16H13IO2. The molecule has 0 aliphatic heterocycles. The Morgan fingerprint density at radius 3 is 2.42 bits per heavy atom. The summed E-state index contributed by atoms with van der Waals surface area (Å²) in [5.41, 5.74) is 2.98. The zero-order valence-corrected chi connectivity index (χ0v) is 12.7. The molecule has 0 aliphatic rings. The largest absolute Gasteiger partial charge is 0.298 e. The van der Waals surface area contributed by atoms with Crippen LogP contribution in [0.15, 0.2) is 42.5 Å². The highest BCUT2D eigenvalue weighted by molar-refractivity contribution is 14.1. The van der Waals surface area contributed by atoms with Gasteiger partial charge in [-0.3, -0.25) is 9.59 Å². The summed E-state index contributed by atoms with van der Waals surface area (Å²) in [6, 6.07) is 12.8. The quantitative estimate of drug-likeness (QED) is 0.469. The molecule has 0 fully saturated rings. The van der Waals surface area contributed by atoms with Crippen molar-refractivity contribution < 1.29 is 9.59 Å². The zero-order valence-electron chi connectivity index (χ0n) is 10.5. The fraction of sp³-hybridized carbons (Fsp3) is 0.125. The lowest BCUT2D eigenvalue weighted by atomic mass is 10.00. The first-order chi connectivity index (χ1) is 9.17. The van der Waals surface area contributed by atoms with Gasteiger partial charge in [0.25, 0.3) is 0 Å². The van der Waals surface area contributed by atoms with Gasteiger partial charge >= 0.3 is 0 Å². The number of carbonyl (C=O) groups is 2. The molecule has 0 radical (unpaired) electrons. The molecule has 2 nitrogen and oxygen atoms in total. The van der Waals surface area contributed by atoms with Crippen LogP contribution in [0.25, 0.3) is 0 Å². The third-order valence-corrected chi connectivity index (χ3v) is 4.23. The highest BCUT2D eigenvalue weighted by Gasteiger charge is 2.14. The van der Waals surface area contributed by atoms with Crippen LogP contribution >= 0.6 is 22.6 Å². The van der Waals surface area contributed by atoms with Crippen molar-refractivity contribution in [3.63, 3.8) is 0 Å². The second-order valence-corrected chi connectivity index (χ2v) is 5.28. The SMILES string of the molecule is CCc1ccc(C(=O)c2cccc(C=O)c2I)cc1. The second kappa shape index (κ2) is 6.10. The van der Waals surface area contributed by atoms with Gasteiger partial charge in [-0.2, -0.15) is 0 Å². The van der Waals surface area contributed by atoms with Crippen molar-refractivity contribution in [3.8, 4) is 0 Å². The predicted octanol–water partition coefficient (Wildman–Crippen LogP) is 3.90. The number of rotatable bonds is 4. The molecule has 0 bridgehead atoms. The summed E-state index contributed by atoms with van der Waals surface area (Å²) in [5.74, 6) is -0.0456. The van der Waals surface area contributed by atoms with E-state index >= 15 is 0 Å². The lowest BCUT2D eigenvalue weighted by Gasteiger charge is -2.06. The van der Waals surface area contributed by atoms with E-state index in [9.17, 15) is 9.59 Å². The van der Waals surface area contributed by atoms with Crippen molar-refractivity contribution in [3.05, 3.63) is 68.3 Å². The van der Waals surface area contributed by atoms with Gasteiger partial charge in [0.15, 0.2) is 12.1 Å². The Bertz CT molecular complexity index is 615. The van der Waals surface area contributed by atoms with Gasteiger partial charge in [-0.15, -0.1) is 0 Å². The summed E-state index contributed by atoms with van der Waals surface area (Å²) in [7, 11) is 0. The van der Waals surface area contributed by atoms with E-state index in [2.05, 4.69) is 6.92 Å². The van der Waals surface area contributed by atoms with Crippen LogP contribution in [0.5, 0.6) is 0 Å². The lowest BCUT2D eigenvalue weighted by Crippen LogP contribution is -2.05. The number of benzene rings is 2. The van der Waals surface area contributed by atoms with Crippen molar-refractivity contribution in [2.24, 2.45) is 0 Å². The summed E-state index contributed by atoms with van der Waals surface area (Å²) in [5, 5.41) is 0. The third-order valence-electron chi connectivity index (χ3n) is 3.02. The number of hydrogen-bond donors (Lipinski definition) is 0. The van der Waals surface area contributed by atoms with Gasteiger partial charge < -0.3 is 0 Å². The summed E-state index contributed by atoms with van der Waals surface area (Å²) < 4.78 is 0.708. The molecule has 2 aromatic carbocycles. The van der Waals surface area contributed by atoms with Gasteiger partial charge in [-0.25, -0.2) is 0 Å². The van der Waals surface area contributed by atoms with Gasteiger partial charge in [0.05, 0.1) is 0 Å². The third kappa shape index (κ3) is 2.92. The van der Waals surface area contributed by atoms with Gasteiger partial charge in [0.2, 0.25) is 0 Å². The number of carbonyl (C=O) groups excluding carboxylic acids is 2. The van der Waals surface area contributed by atoms with E-state index in [1.807, 2.05) is 46.9 Å². The first-order valence-electron chi connectivity index (χ1n) is 6.04. The van der Waals surface area contributed by atoms with Crippen LogP contribution in [0.4, 0.5) is 0 Å². The minimum atomic E-state index is -0.0456. The minimum absolute atomic E-state index is 0.0456. The van der Waals surface area contributed by atoms with E-state index in [0.717, 1.165) is 12.7 Å². The molecule has 2 aromatic rings. The van der Waals surface area contributed by atoms with Crippen molar-refractivity contribution >= 4 is 34.7 Å². The van der Waals surface area contributed by atoms with Crippen LogP contribution in [-0.2, 0) is 6.42 Å². The number of aryl methyl sites for hydroxylation is 1. The molecule has 0 atom stereocenters. The minimum Gasteiger partial charge on any atom is -0.298 e. The predicted molar refractivity (Wildman–Crippen MR) is 83.8 cm³/mol. The number of hydrogen-bond acceptors (Lipinski definition) is 2. The summed E-state index contributed by atoms with van der Waals surface area (Å²) in [6.07, 6.45) is 1.73. The Balaban J connectivity index is 2.41. The molecule has 0 saturated heterocycles. The number of halogens is 1. The molecule has 0 heterocycles. The first kappa shape index (κ1) is 13.9. The Kier molecular flexibility index (Phi) is 4.47. The molecule has 19 heavy (non-hydrogen) atoms. The molecule has 0 aromatic heterocycles. The van der Waals surface area contributed by atoms with Crippen LogP contribution in [-0.4, -0.2) is 12.1 Å². The normalized spacial score (nSPS) is 10.2. The van der Waals surface area contributed by atoms with Crippen LogP contribution in [0, 0.1) is 3.57 Å². The summed E-state index contributed by atoms with van der Waals surface area (Å²) in [4.78, 5) is 23.3. The summed E-state index contributed by atoms with van der Waals surface area (Å²) >= 11 is 2.04. The van der Waals surface area contributed by atoms with E-state index in [4.69, 9.17) is 0 Å². The van der Waals surface area contributed by atoms with Crippen LogP contribution in [0.1, 0.15) is 38.8 Å². The number of ketones is 1. The Labute approximate surface area is 126 Å². The topological polar surface area (TPSA) is 34.1 Å². The van der Waals surface area contributed by atoms with Crippen LogP contribution < -0.4 is 0 Å². The van der Waals surface area contributed by atoms with Gasteiger partial charge in [-0.1, -0.05) is 43.3 Å². The average molecular weight is 364 g/mol. The first-order valence-corrected chi connectivity index (χ1v) is 7.12. The van der Waals surface area contributed by atoms with Gasteiger partial charge in [0.1, 0.15) is 0 Å². The smallest absolute Gasteiger partial charge is 0.194 e. The molecule has 2 rings (SSSR count). The maximum Gasteiger partial charge on any atom is 0.194 e. The van der Waals surface area contributed by atoms with E-state index in [-0.39, 0.29) is 5.78 Å². The lowest BCUT2D eigenvalue weighted by molar-refractivity contribution is 0.103. The van der Waals surface area contributed by atoms with Crippen LogP contribution in [0.2, 0.25) is 0 Å². The fourth-order valence-electron chi connectivity index (χ4n) is 1.86. The molecule has 0 spiro atoms. The average Bonchev–Trinajstić information content (AvgIpc) is 2.47. The molecule has 96 valence electrons. The summed E-state index contributed by atoms with van der Waals surface area (Å²) in [6.45, 7) is 2.08. The maximum atomic E-state index is 12.4. The van der Waals surface area contributed by atoms with E-state index in [1.54, 1.807) is 18.2 Å². The number of aldehydes is 1. The Morgan fingerprint density at radius 2 is 1.84 bits per heavy atom. The van der Waals surface area contributed by atoms with Crippen molar-refractivity contribution in [1.82, 2.24) is 0 Å². The van der Waals surface area contributed by atoms with Gasteiger partial charge in [-0.05, 0) is 40.6 Å². The molecule has 0 saturated carbocycles. The van der Waals surface area contributed by atoms with Gasteiger partial charge in [0, 0.05) is 20.3 Å². The van der Waals surface area contributed by atoms with Crippen molar-refractivity contribution in [2.45, 2.75) is 13.3 Å². The maximum absolute atomic E-state index is 12.4. The van der Waals surface area contributed by atoms with E-state index in [1.165, 1.54) is 5.56 Å². The molecule has 0 amide bonds. The molecule has 0 N–H and O–H groups in total. The molecular weight excluding hydrogens is 351 g/mol. The Hall–Kier alpha value is -1.49. The second-order valence-electron chi connectivity index (χ2n) is 4.21. The fourth-order valence-corrected chi connectivity index (χ4v) is 2.60. The highest BCUT2D eigenvalue weighted by atomic mass is 127. The zero-order chi connectivity index (χ0) is 13.8. The molecule has 0 aliphatic carbocycles. The monoisotopic (exact) mass is 364 g/mol. The van der Waals surface area contributed by atoms with Crippen molar-refractivity contribution in [1.29, 1.82) is 0 Å².